The van der Waals surface area contributed by atoms with Crippen LogP contribution in [-0.2, 0) is 14.0 Å². The van der Waals surface area contributed by atoms with Crippen LogP contribution < -0.4 is 20.3 Å². The number of methoxy groups -OCH3 is 1. The first-order valence-corrected chi connectivity index (χ1v) is 21.9. The molecule has 2 rings (SSSR count). The first-order chi connectivity index (χ1) is 30.4. The molecule has 2 amide bonds. The van der Waals surface area contributed by atoms with Crippen LogP contribution in [0.25, 0.3) is 0 Å². The Bertz CT molecular complexity index is 1970. The SMILES string of the molecule is COc1ccc(NC(=O)O[C@@H](c2ccc(OCCO[Si](CCC(F)(F)C(F)(F)C(F)(F)C(F)(F)C(F)(F)C(F)(F)C(F)(F)C(F)(F)F)(C(C)C)C(C)C)cc2)[C@H](C)C/C=C(\C)C(=O)NO)cc1. The smallest absolute Gasteiger partial charge is 0.460 e. The van der Waals surface area contributed by atoms with Crippen molar-refractivity contribution in [2.24, 2.45) is 5.92 Å². The topological polar surface area (TPSA) is 115 Å². The summed E-state index contributed by atoms with van der Waals surface area (Å²) in [7, 11) is -2.59. The summed E-state index contributed by atoms with van der Waals surface area (Å²) in [4.78, 5) is 24.7. The van der Waals surface area contributed by atoms with Crippen LogP contribution in [0.5, 0.6) is 11.5 Å². The lowest BCUT2D eigenvalue weighted by molar-refractivity contribution is -0.461. The quantitative estimate of drug-likeness (QED) is 0.0240. The van der Waals surface area contributed by atoms with Gasteiger partial charge in [-0.15, -0.1) is 0 Å². The molecule has 0 spiro atoms. The number of amides is 2. The van der Waals surface area contributed by atoms with Crippen molar-refractivity contribution in [3.63, 3.8) is 0 Å². The number of halogens is 17. The molecule has 0 heterocycles. The van der Waals surface area contributed by atoms with Crippen molar-refractivity contribution >= 4 is 26.0 Å². The monoisotopic (exact) mass is 1020 g/mol. The fraction of sp³-hybridized carbons (Fsp3) is 0.600. The zero-order chi connectivity index (χ0) is 52.0. The van der Waals surface area contributed by atoms with E-state index in [1.807, 2.05) is 0 Å². The number of ether oxygens (including phenoxy) is 3. The summed E-state index contributed by atoms with van der Waals surface area (Å²) >= 11 is 0. The average Bonchev–Trinajstić information content (AvgIpc) is 3.23. The number of carbonyl (C=O) groups excluding carboxylic acids is 2. The maximum Gasteiger partial charge on any atom is 0.460 e. The molecule has 0 aliphatic rings. The summed E-state index contributed by atoms with van der Waals surface area (Å²) in [6.07, 6.45) is -10.7. The molecule has 9 nitrogen and oxygen atoms in total. The van der Waals surface area contributed by atoms with Crippen molar-refractivity contribution in [2.75, 3.05) is 25.6 Å². The molecule has 2 aromatic carbocycles. The second-order valence-corrected chi connectivity index (χ2v) is 20.9. The van der Waals surface area contributed by atoms with E-state index in [0.717, 1.165) is 0 Å². The number of nitrogens with one attached hydrogen (secondary N) is 2. The number of hydroxylamine groups is 1. The van der Waals surface area contributed by atoms with Gasteiger partial charge in [0.1, 0.15) is 24.2 Å². The van der Waals surface area contributed by atoms with Crippen molar-refractivity contribution in [1.29, 1.82) is 0 Å². The van der Waals surface area contributed by atoms with Crippen molar-refractivity contribution in [3.8, 4) is 11.5 Å². The van der Waals surface area contributed by atoms with Crippen LogP contribution >= 0.6 is 0 Å². The molecule has 67 heavy (non-hydrogen) atoms. The van der Waals surface area contributed by atoms with Crippen LogP contribution in [0.2, 0.25) is 17.1 Å². The van der Waals surface area contributed by atoms with Gasteiger partial charge in [0.25, 0.3) is 5.91 Å². The van der Waals surface area contributed by atoms with Crippen LogP contribution in [0.15, 0.2) is 60.2 Å². The fourth-order valence-corrected chi connectivity index (χ4v) is 11.1. The number of alkyl halides is 17. The summed E-state index contributed by atoms with van der Waals surface area (Å²) in [6, 6.07) is 10.6. The van der Waals surface area contributed by atoms with Gasteiger partial charge < -0.3 is 18.6 Å². The molecule has 0 bridgehead atoms. The van der Waals surface area contributed by atoms with E-state index in [1.54, 1.807) is 19.1 Å². The second kappa shape index (κ2) is 21.4. The molecular weight excluding hydrogens is 971 g/mol. The van der Waals surface area contributed by atoms with Crippen LogP contribution in [-0.4, -0.2) is 93.5 Å². The Hall–Kier alpha value is -4.53. The predicted octanol–water partition coefficient (Wildman–Crippen LogP) is 13.0. The molecule has 0 fully saturated rings. The molecule has 382 valence electrons. The fourth-order valence-electron chi connectivity index (χ4n) is 6.62. The highest BCUT2D eigenvalue weighted by Crippen LogP contribution is 2.64. The van der Waals surface area contributed by atoms with Gasteiger partial charge in [0.2, 0.25) is 0 Å². The van der Waals surface area contributed by atoms with Gasteiger partial charge in [-0.2, -0.15) is 74.6 Å². The zero-order valence-corrected chi connectivity index (χ0v) is 37.4. The number of hydrogen-bond acceptors (Lipinski definition) is 7. The highest BCUT2D eigenvalue weighted by Gasteiger charge is 2.95. The molecule has 2 aromatic rings. The average molecular weight is 1020 g/mol. The van der Waals surface area contributed by atoms with Crippen molar-refractivity contribution in [2.45, 2.75) is 125 Å². The third-order valence-electron chi connectivity index (χ3n) is 10.8. The number of allylic oxidation sites excluding steroid dienone is 1. The van der Waals surface area contributed by atoms with E-state index in [1.165, 1.54) is 89.7 Å². The number of carbonyl (C=O) groups is 2. The minimum atomic E-state index is -8.71. The number of rotatable bonds is 24. The molecule has 27 heteroatoms. The van der Waals surface area contributed by atoms with Crippen LogP contribution in [0.1, 0.15) is 66.1 Å². The lowest BCUT2D eigenvalue weighted by Gasteiger charge is -2.44. The van der Waals surface area contributed by atoms with Gasteiger partial charge >= 0.3 is 53.7 Å². The molecule has 0 aromatic heterocycles. The number of anilines is 1. The Morgan fingerprint density at radius 3 is 1.58 bits per heavy atom. The van der Waals surface area contributed by atoms with E-state index in [0.29, 0.717) is 17.0 Å². The van der Waals surface area contributed by atoms with Crippen molar-refractivity contribution in [3.05, 3.63) is 65.7 Å². The van der Waals surface area contributed by atoms with E-state index < -0.39 is 117 Å². The largest absolute Gasteiger partial charge is 0.497 e. The maximum atomic E-state index is 15.0. The van der Waals surface area contributed by atoms with Gasteiger partial charge in [0.05, 0.1) is 13.7 Å². The maximum absolute atomic E-state index is 15.0. The lowest BCUT2D eigenvalue weighted by atomic mass is 9.88. The number of hydrogen-bond donors (Lipinski definition) is 3. The normalized spacial score (nSPS) is 15.1. The standard InChI is InChI=1S/C40H47F17N2O7Si/c1-22(2)67(23(3)4,21-18-33(41,42)34(43,44)35(45,46)36(47,48)37(49,50)38(51,52)39(53,54)40(55,56)57)65-20-19-64-29-14-10-26(11-15-29)30(24(5)8-9-25(6)31(60)59-62)66-32(61)58-27-12-16-28(63-7)17-13-27/h9-17,22-24,30,62H,8,18-21H2,1-7H3,(H,58,61)(H,59,60)/b25-9+/t24-,30-/m1/s1. The molecule has 0 aliphatic carbocycles. The summed E-state index contributed by atoms with van der Waals surface area (Å²) < 4.78 is 258. The number of benzene rings is 2. The summed E-state index contributed by atoms with van der Waals surface area (Å²) in [5, 5.41) is 11.5. The van der Waals surface area contributed by atoms with E-state index >= 15 is 8.78 Å². The third kappa shape index (κ3) is 12.0. The first kappa shape index (κ1) is 58.6. The predicted molar refractivity (Wildman–Crippen MR) is 207 cm³/mol. The van der Waals surface area contributed by atoms with Crippen LogP contribution in [0.4, 0.5) is 85.1 Å². The van der Waals surface area contributed by atoms with Gasteiger partial charge in [0.15, 0.2) is 8.32 Å². The Morgan fingerprint density at radius 2 is 1.13 bits per heavy atom. The Balaban J connectivity index is 2.31. The molecule has 0 saturated carbocycles. The van der Waals surface area contributed by atoms with Crippen molar-refractivity contribution in [1.82, 2.24) is 5.48 Å². The molecule has 0 radical (unpaired) electrons. The molecule has 0 aliphatic heterocycles. The second-order valence-electron chi connectivity index (χ2n) is 15.9. The third-order valence-corrected chi connectivity index (χ3v) is 16.5. The van der Waals surface area contributed by atoms with E-state index in [9.17, 15) is 75.4 Å². The minimum absolute atomic E-state index is 0.0999. The molecule has 0 saturated heterocycles. The van der Waals surface area contributed by atoms with Gasteiger partial charge in [0, 0.05) is 23.6 Å². The van der Waals surface area contributed by atoms with Crippen LogP contribution in [0, 0.1) is 5.92 Å². The zero-order valence-electron chi connectivity index (χ0n) is 36.4. The van der Waals surface area contributed by atoms with Crippen molar-refractivity contribution < 1.29 is 108 Å². The van der Waals surface area contributed by atoms with Gasteiger partial charge in [-0.3, -0.25) is 15.3 Å². The lowest BCUT2D eigenvalue weighted by Crippen LogP contribution is -2.74. The summed E-state index contributed by atoms with van der Waals surface area (Å²) in [6.45, 7) is 7.35. The van der Waals surface area contributed by atoms with E-state index in [2.05, 4.69) is 5.32 Å². The van der Waals surface area contributed by atoms with Gasteiger partial charge in [-0.1, -0.05) is 52.8 Å². The Morgan fingerprint density at radius 1 is 0.672 bits per heavy atom. The minimum Gasteiger partial charge on any atom is -0.497 e. The first-order valence-electron chi connectivity index (χ1n) is 19.7. The molecule has 2 atom stereocenters. The summed E-state index contributed by atoms with van der Waals surface area (Å²) in [5.41, 5.74) is 0.553. The van der Waals surface area contributed by atoms with E-state index in [4.69, 9.17) is 23.8 Å². The molecule has 3 N–H and O–H groups in total. The van der Waals surface area contributed by atoms with Crippen LogP contribution in [0.3, 0.4) is 0 Å². The Labute approximate surface area is 373 Å². The Kier molecular flexibility index (Phi) is 18.7. The summed E-state index contributed by atoms with van der Waals surface area (Å²) in [5.74, 6) is -57.6. The molecule has 0 unspecified atom stereocenters. The van der Waals surface area contributed by atoms with Gasteiger partial charge in [-0.05, 0) is 72.4 Å². The highest BCUT2D eigenvalue weighted by molar-refractivity contribution is 6.76. The van der Waals surface area contributed by atoms with E-state index in [-0.39, 0.29) is 17.7 Å². The molecular formula is C40H47F17N2O7Si. The van der Waals surface area contributed by atoms with Gasteiger partial charge in [-0.25, -0.2) is 10.3 Å². The highest BCUT2D eigenvalue weighted by atomic mass is 28.4.